The minimum absolute atomic E-state index is 0.111. The highest BCUT2D eigenvalue weighted by molar-refractivity contribution is 7.89. The molecule has 0 amide bonds. The van der Waals surface area contributed by atoms with Crippen molar-refractivity contribution in [1.82, 2.24) is 14.5 Å². The van der Waals surface area contributed by atoms with Crippen LogP contribution >= 0.6 is 0 Å². The van der Waals surface area contributed by atoms with Crippen molar-refractivity contribution in [2.24, 2.45) is 5.14 Å². The molecular formula is C23H25N5O3S. The van der Waals surface area contributed by atoms with Crippen LogP contribution in [0.5, 0.6) is 5.75 Å². The average Bonchev–Trinajstić information content (AvgIpc) is 3.08. The molecule has 0 saturated heterocycles. The summed E-state index contributed by atoms with van der Waals surface area (Å²) in [6.45, 7) is 5.21. The first-order chi connectivity index (χ1) is 15.3. The predicted octanol–water partition coefficient (Wildman–Crippen LogP) is 3.48. The molecule has 2 heterocycles. The van der Waals surface area contributed by atoms with Gasteiger partial charge in [0.1, 0.15) is 17.9 Å². The van der Waals surface area contributed by atoms with E-state index in [4.69, 9.17) is 9.88 Å². The number of ether oxygens (including phenoxy) is 1. The highest BCUT2D eigenvalue weighted by Crippen LogP contribution is 2.28. The maximum Gasteiger partial charge on any atom is 0.238 e. The molecule has 0 aliphatic heterocycles. The number of fused-ring (bicyclic) bond motifs is 1. The Bertz CT molecular complexity index is 1400. The summed E-state index contributed by atoms with van der Waals surface area (Å²) in [5.41, 5.74) is 4.33. The number of primary sulfonamides is 1. The second-order valence-electron chi connectivity index (χ2n) is 7.57. The van der Waals surface area contributed by atoms with Gasteiger partial charge in [0.15, 0.2) is 0 Å². The molecule has 0 atom stereocenters. The molecule has 0 saturated carbocycles. The summed E-state index contributed by atoms with van der Waals surface area (Å²) in [5.74, 6) is 1.55. The number of methoxy groups -OCH3 is 1. The summed E-state index contributed by atoms with van der Waals surface area (Å²) in [5, 5.41) is 9.69. The van der Waals surface area contributed by atoms with Crippen LogP contribution in [0.25, 0.3) is 22.2 Å². The van der Waals surface area contributed by atoms with Crippen LogP contribution in [-0.4, -0.2) is 36.6 Å². The topological polar surface area (TPSA) is 112 Å². The fourth-order valence-corrected chi connectivity index (χ4v) is 4.67. The van der Waals surface area contributed by atoms with Crippen LogP contribution < -0.4 is 15.2 Å². The number of benzene rings is 2. The molecule has 9 heteroatoms. The standard InChI is InChI=1S/C23H25N5O3S/c1-15-11-17(7-8-22(15)32(24,29)30)19-13-23(27-14-26-19)25-9-10-28-16(2)12-18-20(28)5-4-6-21(18)31-3/h4-8,11-14H,9-10H2,1-3H3,(H2,24,29,30)(H,25,26,27). The summed E-state index contributed by atoms with van der Waals surface area (Å²) >= 11 is 0. The Kier molecular flexibility index (Phi) is 5.86. The SMILES string of the molecule is COc1cccc2c1cc(C)n2CCNc1cc(-c2ccc(S(N)(=O)=O)c(C)c2)ncn1. The molecule has 0 aliphatic rings. The molecule has 4 aromatic rings. The van der Waals surface area contributed by atoms with Crippen LogP contribution in [0, 0.1) is 13.8 Å². The third-order valence-corrected chi connectivity index (χ3v) is 6.49. The zero-order valence-electron chi connectivity index (χ0n) is 18.2. The van der Waals surface area contributed by atoms with Crippen LogP contribution in [0.4, 0.5) is 5.82 Å². The maximum absolute atomic E-state index is 11.6. The van der Waals surface area contributed by atoms with Gasteiger partial charge < -0.3 is 14.6 Å². The van der Waals surface area contributed by atoms with Gasteiger partial charge in [-0.3, -0.25) is 0 Å². The second kappa shape index (κ2) is 8.60. The second-order valence-corrected chi connectivity index (χ2v) is 9.10. The van der Waals surface area contributed by atoms with Crippen molar-refractivity contribution < 1.29 is 13.2 Å². The zero-order valence-corrected chi connectivity index (χ0v) is 19.0. The van der Waals surface area contributed by atoms with Gasteiger partial charge in [-0.1, -0.05) is 12.1 Å². The fraction of sp³-hybridized carbons (Fsp3) is 0.217. The largest absolute Gasteiger partial charge is 0.496 e. The number of aryl methyl sites for hydroxylation is 2. The molecule has 0 fully saturated rings. The minimum Gasteiger partial charge on any atom is -0.496 e. The van der Waals surface area contributed by atoms with E-state index in [1.54, 1.807) is 26.2 Å². The first kappa shape index (κ1) is 21.8. The smallest absolute Gasteiger partial charge is 0.238 e. The van der Waals surface area contributed by atoms with Gasteiger partial charge in [0, 0.05) is 35.8 Å². The molecule has 0 spiro atoms. The Morgan fingerprint density at radius 2 is 1.91 bits per heavy atom. The number of hydrogen-bond donors (Lipinski definition) is 2. The Labute approximate surface area is 187 Å². The number of hydrogen-bond acceptors (Lipinski definition) is 6. The van der Waals surface area contributed by atoms with Gasteiger partial charge in [-0.15, -0.1) is 0 Å². The Morgan fingerprint density at radius 3 is 2.62 bits per heavy atom. The van der Waals surface area contributed by atoms with Crippen LogP contribution in [0.2, 0.25) is 0 Å². The number of nitrogens with two attached hydrogens (primary N) is 1. The number of aromatic nitrogens is 3. The third kappa shape index (κ3) is 4.30. The molecule has 8 nitrogen and oxygen atoms in total. The molecule has 32 heavy (non-hydrogen) atoms. The summed E-state index contributed by atoms with van der Waals surface area (Å²) in [4.78, 5) is 8.74. The number of nitrogens with one attached hydrogen (secondary N) is 1. The normalized spacial score (nSPS) is 11.6. The van der Waals surface area contributed by atoms with E-state index in [1.807, 2.05) is 18.2 Å². The third-order valence-electron chi connectivity index (χ3n) is 5.42. The Morgan fingerprint density at radius 1 is 1.09 bits per heavy atom. The lowest BCUT2D eigenvalue weighted by atomic mass is 10.1. The monoisotopic (exact) mass is 451 g/mol. The number of anilines is 1. The van der Waals surface area contributed by atoms with Crippen LogP contribution in [0.3, 0.4) is 0 Å². The number of nitrogens with zero attached hydrogens (tertiary/aromatic N) is 3. The quantitative estimate of drug-likeness (QED) is 0.445. The van der Waals surface area contributed by atoms with Crippen molar-refractivity contribution in [2.75, 3.05) is 19.0 Å². The maximum atomic E-state index is 11.6. The predicted molar refractivity (Wildman–Crippen MR) is 125 cm³/mol. The average molecular weight is 452 g/mol. The molecule has 4 rings (SSSR count). The van der Waals surface area contributed by atoms with E-state index in [0.717, 1.165) is 34.5 Å². The fourth-order valence-electron chi connectivity index (χ4n) is 3.90. The first-order valence-corrected chi connectivity index (χ1v) is 11.6. The lowest BCUT2D eigenvalue weighted by Crippen LogP contribution is -2.13. The summed E-state index contributed by atoms with van der Waals surface area (Å²) in [6, 6.07) is 15.0. The lowest BCUT2D eigenvalue weighted by Gasteiger charge is -2.11. The Balaban J connectivity index is 1.51. The van der Waals surface area contributed by atoms with Gasteiger partial charge in [0.2, 0.25) is 10.0 Å². The minimum atomic E-state index is -3.75. The van der Waals surface area contributed by atoms with Crippen LogP contribution in [0.15, 0.2) is 59.8 Å². The lowest BCUT2D eigenvalue weighted by molar-refractivity contribution is 0.420. The van der Waals surface area contributed by atoms with Crippen molar-refractivity contribution in [1.29, 1.82) is 0 Å². The summed E-state index contributed by atoms with van der Waals surface area (Å²) < 4.78 is 31.0. The van der Waals surface area contributed by atoms with Gasteiger partial charge in [-0.25, -0.2) is 23.5 Å². The van der Waals surface area contributed by atoms with E-state index >= 15 is 0 Å². The van der Waals surface area contributed by atoms with Crippen molar-refractivity contribution in [3.05, 3.63) is 66.1 Å². The Hall–Kier alpha value is -3.43. The van der Waals surface area contributed by atoms with Crippen molar-refractivity contribution in [3.63, 3.8) is 0 Å². The number of sulfonamides is 1. The van der Waals surface area contributed by atoms with Crippen molar-refractivity contribution in [2.45, 2.75) is 25.3 Å². The molecule has 0 radical (unpaired) electrons. The van der Waals surface area contributed by atoms with Crippen LogP contribution in [0.1, 0.15) is 11.3 Å². The van der Waals surface area contributed by atoms with Crippen molar-refractivity contribution >= 4 is 26.7 Å². The van der Waals surface area contributed by atoms with E-state index in [1.165, 1.54) is 12.4 Å². The first-order valence-electron chi connectivity index (χ1n) is 10.1. The molecule has 2 aromatic heterocycles. The van der Waals surface area contributed by atoms with Gasteiger partial charge in [0.25, 0.3) is 0 Å². The van der Waals surface area contributed by atoms with Crippen LogP contribution in [-0.2, 0) is 16.6 Å². The number of rotatable bonds is 7. The van der Waals surface area contributed by atoms with Gasteiger partial charge in [-0.2, -0.15) is 0 Å². The highest BCUT2D eigenvalue weighted by atomic mass is 32.2. The van der Waals surface area contributed by atoms with E-state index in [0.29, 0.717) is 23.6 Å². The molecule has 0 unspecified atom stereocenters. The van der Waals surface area contributed by atoms with Gasteiger partial charge >= 0.3 is 0 Å². The molecule has 3 N–H and O–H groups in total. The van der Waals surface area contributed by atoms with E-state index in [2.05, 4.69) is 38.9 Å². The van der Waals surface area contributed by atoms with E-state index in [-0.39, 0.29) is 4.90 Å². The molecule has 166 valence electrons. The molecule has 0 bridgehead atoms. The van der Waals surface area contributed by atoms with E-state index < -0.39 is 10.0 Å². The molecule has 0 aliphatic carbocycles. The van der Waals surface area contributed by atoms with Gasteiger partial charge in [0.05, 0.1) is 23.2 Å². The van der Waals surface area contributed by atoms with Crippen molar-refractivity contribution in [3.8, 4) is 17.0 Å². The van der Waals surface area contributed by atoms with E-state index in [9.17, 15) is 8.42 Å². The summed E-state index contributed by atoms with van der Waals surface area (Å²) in [7, 11) is -2.07. The molecule has 2 aromatic carbocycles. The molecular weight excluding hydrogens is 426 g/mol. The highest BCUT2D eigenvalue weighted by Gasteiger charge is 2.13. The zero-order chi connectivity index (χ0) is 22.9. The van der Waals surface area contributed by atoms with Gasteiger partial charge in [-0.05, 0) is 49.7 Å². The summed E-state index contributed by atoms with van der Waals surface area (Å²) in [6.07, 6.45) is 1.49.